The Labute approximate surface area is 170 Å². The van der Waals surface area contributed by atoms with Crippen LogP contribution < -0.4 is 9.62 Å². The van der Waals surface area contributed by atoms with Gasteiger partial charge < -0.3 is 14.4 Å². The van der Waals surface area contributed by atoms with Crippen LogP contribution in [-0.2, 0) is 19.5 Å². The lowest BCUT2D eigenvalue weighted by molar-refractivity contribution is 0.0596. The van der Waals surface area contributed by atoms with Crippen molar-refractivity contribution < 1.29 is 32.3 Å². The molecule has 29 heavy (non-hydrogen) atoms. The summed E-state index contributed by atoms with van der Waals surface area (Å²) in [5.41, 5.74) is -0.538. The van der Waals surface area contributed by atoms with E-state index in [4.69, 9.17) is 0 Å². The Morgan fingerprint density at radius 1 is 1.07 bits per heavy atom. The van der Waals surface area contributed by atoms with Crippen molar-refractivity contribution in [1.29, 1.82) is 0 Å². The number of anilines is 1. The first-order chi connectivity index (χ1) is 13.5. The minimum atomic E-state index is -4.53. The summed E-state index contributed by atoms with van der Waals surface area (Å²) in [4.78, 5) is 37.9. The van der Waals surface area contributed by atoms with E-state index < -0.39 is 32.1 Å². The average molecular weight is 442 g/mol. The molecule has 2 aromatic heterocycles. The van der Waals surface area contributed by atoms with Crippen molar-refractivity contribution in [2.75, 3.05) is 33.2 Å². The first kappa shape index (κ1) is 22.2. The van der Waals surface area contributed by atoms with E-state index in [2.05, 4.69) is 19.7 Å². The summed E-state index contributed by atoms with van der Waals surface area (Å²) in [5, 5.41) is 7.49. The number of nitrogens with zero attached hydrogens (tertiary/aromatic N) is 3. The fourth-order valence-corrected chi connectivity index (χ4v) is 4.91. The number of rotatable bonds is 6. The highest BCUT2D eigenvalue weighted by molar-refractivity contribution is 7.92. The van der Waals surface area contributed by atoms with E-state index in [1.807, 2.05) is 4.72 Å². The van der Waals surface area contributed by atoms with Crippen molar-refractivity contribution in [1.82, 2.24) is 14.9 Å². The van der Waals surface area contributed by atoms with Crippen LogP contribution in [0.3, 0.4) is 0 Å². The fraction of sp³-hybridized carbons (Fsp3) is 0.312. The lowest BCUT2D eigenvalue weighted by atomic mass is 10.2. The van der Waals surface area contributed by atoms with E-state index in [0.29, 0.717) is 17.2 Å². The number of carbonyl (C=O) groups excluding carboxylic acids is 3. The maximum atomic E-state index is 12.8. The Kier molecular flexibility index (Phi) is 6.54. The third-order valence-corrected chi connectivity index (χ3v) is 6.81. The average Bonchev–Trinajstić information content (AvgIpc) is 3.04. The lowest BCUT2D eigenvalue weighted by Gasteiger charge is -2.10. The summed E-state index contributed by atoms with van der Waals surface area (Å²) in [5.74, 6) is -2.38. The summed E-state index contributed by atoms with van der Waals surface area (Å²) in [6, 6.07) is 2.78. The molecule has 0 saturated heterocycles. The zero-order chi connectivity index (χ0) is 21.9. The van der Waals surface area contributed by atoms with Gasteiger partial charge in [-0.2, -0.15) is 0 Å². The van der Waals surface area contributed by atoms with Crippen LogP contribution in [0.2, 0.25) is 0 Å². The first-order valence-corrected chi connectivity index (χ1v) is 10.2. The lowest BCUT2D eigenvalue weighted by Crippen LogP contribution is -2.32. The second-order valence-electron chi connectivity index (χ2n) is 5.81. The molecule has 11 nitrogen and oxygen atoms in total. The summed E-state index contributed by atoms with van der Waals surface area (Å²) in [6.45, 7) is 1.38. The number of methoxy groups -OCH3 is 2. The molecule has 0 aliphatic carbocycles. The molecule has 156 valence electrons. The molecule has 0 saturated carbocycles. The molecule has 0 radical (unpaired) electrons. The second kappa shape index (κ2) is 8.53. The van der Waals surface area contributed by atoms with Crippen LogP contribution in [0, 0.1) is 6.92 Å². The third kappa shape index (κ3) is 4.51. The molecule has 1 amide bonds. The van der Waals surface area contributed by atoms with Crippen molar-refractivity contribution in [2.45, 2.75) is 11.1 Å². The van der Waals surface area contributed by atoms with Crippen molar-refractivity contribution in [2.24, 2.45) is 0 Å². The Bertz CT molecular complexity index is 1060. The van der Waals surface area contributed by atoms with Crippen molar-refractivity contribution >= 4 is 45.0 Å². The molecule has 2 rings (SSSR count). The molecule has 2 heterocycles. The van der Waals surface area contributed by atoms with Gasteiger partial charge in [0.05, 0.1) is 19.8 Å². The number of ether oxygens (including phenoxy) is 2. The zero-order valence-corrected chi connectivity index (χ0v) is 17.8. The molecule has 0 fully saturated rings. The van der Waals surface area contributed by atoms with E-state index in [0.717, 1.165) is 14.2 Å². The number of nitrogens with one attached hydrogen (secondary N) is 1. The molecule has 0 unspecified atom stereocenters. The summed E-state index contributed by atoms with van der Waals surface area (Å²) < 4.78 is 36.0. The molecule has 0 aliphatic heterocycles. The van der Waals surface area contributed by atoms with Gasteiger partial charge in [-0.1, -0.05) is 0 Å². The van der Waals surface area contributed by atoms with Crippen LogP contribution in [0.5, 0.6) is 0 Å². The molecular formula is C16H18N4O7S2. The quantitative estimate of drug-likeness (QED) is 0.631. The van der Waals surface area contributed by atoms with Crippen LogP contribution in [0.1, 0.15) is 36.1 Å². The number of thiophene rings is 1. The van der Waals surface area contributed by atoms with Crippen LogP contribution in [0.4, 0.5) is 5.82 Å². The van der Waals surface area contributed by atoms with Gasteiger partial charge in [-0.15, -0.1) is 21.5 Å². The fourth-order valence-electron chi connectivity index (χ4n) is 2.21. The number of hydrogen-bond acceptors (Lipinski definition) is 11. The summed E-state index contributed by atoms with van der Waals surface area (Å²) >= 11 is 0.492. The molecule has 0 aliphatic rings. The molecule has 0 atom stereocenters. The molecule has 0 aromatic carbocycles. The number of carbonyl (C=O) groups is 3. The van der Waals surface area contributed by atoms with E-state index in [1.165, 1.54) is 19.1 Å². The molecule has 2 aromatic rings. The van der Waals surface area contributed by atoms with Crippen molar-refractivity contribution in [3.8, 4) is 0 Å². The normalized spacial score (nSPS) is 10.9. The van der Waals surface area contributed by atoms with Crippen LogP contribution in [0.25, 0.3) is 0 Å². The highest BCUT2D eigenvalue weighted by Gasteiger charge is 2.34. The molecule has 0 spiro atoms. The van der Waals surface area contributed by atoms with Gasteiger partial charge in [0.2, 0.25) is 0 Å². The predicted octanol–water partition coefficient (Wildman–Crippen LogP) is 0.604. The van der Waals surface area contributed by atoms with Gasteiger partial charge in [0.1, 0.15) is 4.88 Å². The van der Waals surface area contributed by atoms with Gasteiger partial charge in [-0.25, -0.2) is 22.7 Å². The van der Waals surface area contributed by atoms with Gasteiger partial charge in [-0.05, 0) is 24.6 Å². The third-order valence-electron chi connectivity index (χ3n) is 3.69. The molecule has 1 N–H and O–H groups in total. The largest absolute Gasteiger partial charge is 0.465 e. The Morgan fingerprint density at radius 3 is 2.17 bits per heavy atom. The van der Waals surface area contributed by atoms with Crippen molar-refractivity contribution in [3.63, 3.8) is 0 Å². The van der Waals surface area contributed by atoms with Gasteiger partial charge in [-0.3, -0.25) is 4.79 Å². The smallest absolute Gasteiger partial charge is 0.348 e. The minimum Gasteiger partial charge on any atom is -0.465 e. The monoisotopic (exact) mass is 442 g/mol. The molecule has 0 bridgehead atoms. The van der Waals surface area contributed by atoms with Crippen LogP contribution in [0.15, 0.2) is 16.3 Å². The zero-order valence-electron chi connectivity index (χ0n) is 16.2. The Morgan fingerprint density at radius 2 is 1.69 bits per heavy atom. The number of esters is 2. The van der Waals surface area contributed by atoms with Gasteiger partial charge in [0.25, 0.3) is 15.9 Å². The number of aromatic nitrogens is 2. The number of hydrogen-bond donors (Lipinski definition) is 1. The topological polar surface area (TPSA) is 145 Å². The maximum Gasteiger partial charge on any atom is 0.348 e. The Hall–Kier alpha value is -3.06. The highest BCUT2D eigenvalue weighted by Crippen LogP contribution is 2.33. The number of amides is 1. The second-order valence-corrected chi connectivity index (χ2v) is 8.71. The first-order valence-electron chi connectivity index (χ1n) is 7.91. The summed E-state index contributed by atoms with van der Waals surface area (Å²) in [7, 11) is 1.09. The predicted molar refractivity (Wildman–Crippen MR) is 103 cm³/mol. The summed E-state index contributed by atoms with van der Waals surface area (Å²) in [6.07, 6.45) is 0. The van der Waals surface area contributed by atoms with E-state index in [9.17, 15) is 22.8 Å². The highest BCUT2D eigenvalue weighted by atomic mass is 32.2. The Balaban J connectivity index is 2.45. The van der Waals surface area contributed by atoms with E-state index >= 15 is 0 Å². The number of sulfonamides is 1. The maximum absolute atomic E-state index is 12.8. The van der Waals surface area contributed by atoms with Gasteiger partial charge >= 0.3 is 11.9 Å². The SMILES string of the molecule is COC(=O)c1sc(S(=O)(=O)NC(=O)c2ccc(N(C)C)nn2)c(C(=O)OC)c1C. The van der Waals surface area contributed by atoms with E-state index in [1.54, 1.807) is 19.0 Å². The minimum absolute atomic E-state index is 0.0663. The standard InChI is InChI=1S/C16H18N4O7S2/c1-8-11(14(22)26-4)16(28-12(8)15(23)27-5)29(24,25)19-13(21)9-6-7-10(18-17-9)20(2)3/h6-7H,1-5H3,(H,19,21). The molecule has 13 heteroatoms. The van der Waals surface area contributed by atoms with Crippen molar-refractivity contribution in [3.05, 3.63) is 33.8 Å². The van der Waals surface area contributed by atoms with E-state index in [-0.39, 0.29) is 21.7 Å². The molecular weight excluding hydrogens is 424 g/mol. The van der Waals surface area contributed by atoms with Crippen LogP contribution in [-0.4, -0.2) is 64.8 Å². The van der Waals surface area contributed by atoms with Gasteiger partial charge in [0, 0.05) is 14.1 Å². The van der Waals surface area contributed by atoms with Gasteiger partial charge in [0.15, 0.2) is 15.7 Å². The van der Waals surface area contributed by atoms with Crippen LogP contribution >= 0.6 is 11.3 Å².